The minimum absolute atomic E-state index is 0.181. The molecule has 1 amide bonds. The quantitative estimate of drug-likeness (QED) is 0.618. The summed E-state index contributed by atoms with van der Waals surface area (Å²) in [4.78, 5) is 42.6. The average molecular weight is 398 g/mol. The van der Waals surface area contributed by atoms with Gasteiger partial charge in [0.1, 0.15) is 17.5 Å². The van der Waals surface area contributed by atoms with Gasteiger partial charge in [0, 0.05) is 45.7 Å². The Labute approximate surface area is 166 Å². The van der Waals surface area contributed by atoms with Gasteiger partial charge in [0.05, 0.1) is 18.7 Å². The van der Waals surface area contributed by atoms with E-state index in [2.05, 4.69) is 15.0 Å². The highest BCUT2D eigenvalue weighted by molar-refractivity contribution is 6.06. The van der Waals surface area contributed by atoms with Gasteiger partial charge < -0.3 is 19.0 Å². The van der Waals surface area contributed by atoms with Gasteiger partial charge in [-0.2, -0.15) is 0 Å². The molecule has 3 aromatic rings. The van der Waals surface area contributed by atoms with Gasteiger partial charge in [-0.3, -0.25) is 14.2 Å². The van der Waals surface area contributed by atoms with Gasteiger partial charge in [0.25, 0.3) is 11.5 Å². The minimum Gasteiger partial charge on any atom is -0.442 e. The number of furan rings is 1. The maximum Gasteiger partial charge on any atom is 0.265 e. The van der Waals surface area contributed by atoms with Crippen LogP contribution in [-0.2, 0) is 11.3 Å². The number of ether oxygens (including phenoxy) is 1. The summed E-state index contributed by atoms with van der Waals surface area (Å²) in [5, 5.41) is 0.222. The summed E-state index contributed by atoms with van der Waals surface area (Å²) in [5.74, 6) is 0.820. The second kappa shape index (κ2) is 8.00. The molecule has 0 radical (unpaired) electrons. The van der Waals surface area contributed by atoms with Crippen molar-refractivity contribution in [3.8, 4) is 0 Å². The number of aromatic nitrogens is 4. The van der Waals surface area contributed by atoms with Crippen molar-refractivity contribution < 1.29 is 13.9 Å². The minimum atomic E-state index is -0.302. The largest absolute Gasteiger partial charge is 0.442 e. The fourth-order valence-electron chi connectivity index (χ4n) is 3.47. The van der Waals surface area contributed by atoms with Crippen LogP contribution in [-0.4, -0.2) is 70.2 Å². The predicted molar refractivity (Wildman–Crippen MR) is 105 cm³/mol. The summed E-state index contributed by atoms with van der Waals surface area (Å²) >= 11 is 0. The van der Waals surface area contributed by atoms with Gasteiger partial charge in [0.2, 0.25) is 11.7 Å². The Balaban J connectivity index is 1.59. The molecule has 10 nitrogen and oxygen atoms in total. The SMILES string of the molecule is COCCn1cnc2oc(C)c(C(=O)N3CCN(c4ncccn4)CC3)c2c1=O. The van der Waals surface area contributed by atoms with E-state index in [1.54, 1.807) is 37.4 Å². The number of methoxy groups -OCH3 is 1. The molecular formula is C19H22N6O4. The van der Waals surface area contributed by atoms with Crippen molar-refractivity contribution in [2.24, 2.45) is 0 Å². The third kappa shape index (κ3) is 3.58. The van der Waals surface area contributed by atoms with Crippen LogP contribution in [0.25, 0.3) is 11.1 Å². The molecule has 3 aromatic heterocycles. The Morgan fingerprint density at radius 1 is 1.17 bits per heavy atom. The van der Waals surface area contributed by atoms with Crippen LogP contribution >= 0.6 is 0 Å². The first-order chi connectivity index (χ1) is 14.1. The molecule has 0 N–H and O–H groups in total. The lowest BCUT2D eigenvalue weighted by atomic mass is 10.1. The van der Waals surface area contributed by atoms with Crippen molar-refractivity contribution in [1.82, 2.24) is 24.4 Å². The maximum absolute atomic E-state index is 13.2. The molecule has 0 spiro atoms. The zero-order valence-electron chi connectivity index (χ0n) is 16.4. The molecule has 10 heteroatoms. The fraction of sp³-hybridized carbons (Fsp3) is 0.421. The summed E-state index contributed by atoms with van der Waals surface area (Å²) in [6, 6.07) is 1.77. The Kier molecular flexibility index (Phi) is 5.26. The van der Waals surface area contributed by atoms with Crippen molar-refractivity contribution in [2.45, 2.75) is 13.5 Å². The number of aryl methyl sites for hydroxylation is 1. The number of hydrogen-bond acceptors (Lipinski definition) is 8. The molecule has 0 bridgehead atoms. The highest BCUT2D eigenvalue weighted by atomic mass is 16.5. The number of hydrogen-bond donors (Lipinski definition) is 0. The van der Waals surface area contributed by atoms with E-state index in [0.717, 1.165) is 0 Å². The van der Waals surface area contributed by atoms with E-state index in [9.17, 15) is 9.59 Å². The van der Waals surface area contributed by atoms with Crippen LogP contribution in [0.3, 0.4) is 0 Å². The molecule has 4 rings (SSSR count). The number of anilines is 1. The van der Waals surface area contributed by atoms with E-state index in [0.29, 0.717) is 51.0 Å². The van der Waals surface area contributed by atoms with Gasteiger partial charge in [0.15, 0.2) is 0 Å². The molecular weight excluding hydrogens is 376 g/mol. The van der Waals surface area contributed by atoms with Gasteiger partial charge >= 0.3 is 0 Å². The number of amides is 1. The van der Waals surface area contributed by atoms with Crippen molar-refractivity contribution in [3.05, 3.63) is 46.5 Å². The summed E-state index contributed by atoms with van der Waals surface area (Å²) in [6.07, 6.45) is 4.81. The molecule has 152 valence electrons. The lowest BCUT2D eigenvalue weighted by Crippen LogP contribution is -2.49. The van der Waals surface area contributed by atoms with E-state index in [-0.39, 0.29) is 28.1 Å². The zero-order valence-corrected chi connectivity index (χ0v) is 16.4. The van der Waals surface area contributed by atoms with E-state index in [4.69, 9.17) is 9.15 Å². The molecule has 0 saturated carbocycles. The number of carbonyl (C=O) groups is 1. The normalized spacial score (nSPS) is 14.6. The molecule has 1 aliphatic heterocycles. The molecule has 0 unspecified atom stereocenters. The Morgan fingerprint density at radius 2 is 1.90 bits per heavy atom. The second-order valence-electron chi connectivity index (χ2n) is 6.78. The third-order valence-electron chi connectivity index (χ3n) is 5.01. The van der Waals surface area contributed by atoms with Crippen LogP contribution in [0.1, 0.15) is 16.1 Å². The van der Waals surface area contributed by atoms with Crippen LogP contribution < -0.4 is 10.5 Å². The Bertz CT molecular complexity index is 1070. The summed E-state index contributed by atoms with van der Waals surface area (Å²) in [6.45, 7) is 4.63. The zero-order chi connectivity index (χ0) is 20.4. The lowest BCUT2D eigenvalue weighted by molar-refractivity contribution is 0.0746. The van der Waals surface area contributed by atoms with Crippen LogP contribution in [0.15, 0.2) is 34.0 Å². The first kappa shape index (κ1) is 19.1. The molecule has 4 heterocycles. The Hall–Kier alpha value is -3.27. The van der Waals surface area contributed by atoms with Gasteiger partial charge in [-0.1, -0.05) is 0 Å². The van der Waals surface area contributed by atoms with Crippen molar-refractivity contribution in [3.63, 3.8) is 0 Å². The van der Waals surface area contributed by atoms with Gasteiger partial charge in [-0.15, -0.1) is 0 Å². The molecule has 1 aliphatic rings. The van der Waals surface area contributed by atoms with Crippen LogP contribution in [0, 0.1) is 6.92 Å². The van der Waals surface area contributed by atoms with E-state index >= 15 is 0 Å². The van der Waals surface area contributed by atoms with Crippen LogP contribution in [0.4, 0.5) is 5.95 Å². The number of rotatable bonds is 5. The Morgan fingerprint density at radius 3 is 2.59 bits per heavy atom. The summed E-state index contributed by atoms with van der Waals surface area (Å²) in [5.41, 5.74) is 0.165. The van der Waals surface area contributed by atoms with Gasteiger partial charge in [-0.25, -0.2) is 15.0 Å². The predicted octanol–water partition coefficient (Wildman–Crippen LogP) is 0.697. The van der Waals surface area contributed by atoms with Crippen molar-refractivity contribution in [1.29, 1.82) is 0 Å². The molecule has 0 atom stereocenters. The number of nitrogens with zero attached hydrogens (tertiary/aromatic N) is 6. The second-order valence-corrected chi connectivity index (χ2v) is 6.78. The molecule has 1 fully saturated rings. The molecule has 0 aliphatic carbocycles. The van der Waals surface area contributed by atoms with Crippen molar-refractivity contribution in [2.75, 3.05) is 44.8 Å². The van der Waals surface area contributed by atoms with Crippen LogP contribution in [0.5, 0.6) is 0 Å². The topological polar surface area (TPSA) is 107 Å². The molecule has 29 heavy (non-hydrogen) atoms. The maximum atomic E-state index is 13.2. The summed E-state index contributed by atoms with van der Waals surface area (Å²) in [7, 11) is 1.56. The fourth-order valence-corrected chi connectivity index (χ4v) is 3.47. The highest BCUT2D eigenvalue weighted by Gasteiger charge is 2.29. The van der Waals surface area contributed by atoms with E-state index in [1.807, 2.05) is 4.90 Å². The highest BCUT2D eigenvalue weighted by Crippen LogP contribution is 2.23. The van der Waals surface area contributed by atoms with Crippen LogP contribution in [0.2, 0.25) is 0 Å². The summed E-state index contributed by atoms with van der Waals surface area (Å²) < 4.78 is 12.1. The number of fused-ring (bicyclic) bond motifs is 1. The first-order valence-electron chi connectivity index (χ1n) is 9.39. The number of carbonyl (C=O) groups excluding carboxylic acids is 1. The number of piperazine rings is 1. The molecule has 0 aromatic carbocycles. The smallest absolute Gasteiger partial charge is 0.265 e. The van der Waals surface area contributed by atoms with Gasteiger partial charge in [-0.05, 0) is 13.0 Å². The third-order valence-corrected chi connectivity index (χ3v) is 5.01. The first-order valence-corrected chi connectivity index (χ1v) is 9.39. The van der Waals surface area contributed by atoms with Crippen molar-refractivity contribution >= 4 is 23.0 Å². The standard InChI is InChI=1S/C19H22N6O4/c1-13-14(15-16(29-13)22-12-25(18(15)27)10-11-28-2)17(26)23-6-8-24(9-7-23)19-20-4-3-5-21-19/h3-5,12H,6-11H2,1-2H3. The monoisotopic (exact) mass is 398 g/mol. The van der Waals surface area contributed by atoms with E-state index in [1.165, 1.54) is 10.9 Å². The average Bonchev–Trinajstić information content (AvgIpc) is 3.10. The molecule has 1 saturated heterocycles. The lowest BCUT2D eigenvalue weighted by Gasteiger charge is -2.34. The van der Waals surface area contributed by atoms with E-state index < -0.39 is 0 Å².